The maximum Gasteiger partial charge on any atom is 0.233 e. The summed E-state index contributed by atoms with van der Waals surface area (Å²) in [5, 5.41) is 13.0. The second-order valence-corrected chi connectivity index (χ2v) is 5.71. The molecular formula is C9H19N3OS. The predicted molar refractivity (Wildman–Crippen MR) is 60.7 cm³/mol. The molecule has 0 radical (unpaired) electrons. The SMILES string of the molecule is CC(C)SC1CCN(/C(N)=N/O)CC1. The van der Waals surface area contributed by atoms with Gasteiger partial charge in [0.25, 0.3) is 0 Å². The molecule has 1 saturated heterocycles. The molecular weight excluding hydrogens is 198 g/mol. The quantitative estimate of drug-likeness (QED) is 0.317. The van der Waals surface area contributed by atoms with Gasteiger partial charge in [-0.2, -0.15) is 11.8 Å². The van der Waals surface area contributed by atoms with E-state index in [1.165, 1.54) is 0 Å². The molecule has 0 bridgehead atoms. The van der Waals surface area contributed by atoms with Crippen molar-refractivity contribution in [1.29, 1.82) is 0 Å². The van der Waals surface area contributed by atoms with Gasteiger partial charge in [0.05, 0.1) is 0 Å². The van der Waals surface area contributed by atoms with Crippen molar-refractivity contribution >= 4 is 17.7 Å². The van der Waals surface area contributed by atoms with Crippen molar-refractivity contribution in [2.24, 2.45) is 10.9 Å². The molecule has 0 unspecified atom stereocenters. The standard InChI is InChI=1S/C9H19N3OS/c1-7(2)14-8-3-5-12(6-4-8)9(10)11-13/h7-8,13H,3-6H2,1-2H3,(H2,10,11). The molecule has 3 N–H and O–H groups in total. The van der Waals surface area contributed by atoms with E-state index in [1.807, 2.05) is 16.7 Å². The first-order valence-electron chi connectivity index (χ1n) is 5.01. The Morgan fingerprint density at radius 3 is 2.50 bits per heavy atom. The molecule has 0 atom stereocenters. The van der Waals surface area contributed by atoms with Crippen LogP contribution in [0, 0.1) is 0 Å². The van der Waals surface area contributed by atoms with Crippen LogP contribution in [0.15, 0.2) is 5.16 Å². The fraction of sp³-hybridized carbons (Fsp3) is 0.889. The van der Waals surface area contributed by atoms with Gasteiger partial charge in [0, 0.05) is 18.3 Å². The van der Waals surface area contributed by atoms with Crippen molar-refractivity contribution in [3.05, 3.63) is 0 Å². The fourth-order valence-electron chi connectivity index (χ4n) is 1.67. The molecule has 0 saturated carbocycles. The Labute approximate surface area is 89.5 Å². The zero-order valence-electron chi connectivity index (χ0n) is 8.81. The van der Waals surface area contributed by atoms with Gasteiger partial charge in [0.15, 0.2) is 0 Å². The van der Waals surface area contributed by atoms with Gasteiger partial charge in [-0.05, 0) is 18.1 Å². The Morgan fingerprint density at radius 2 is 2.07 bits per heavy atom. The number of hydrogen-bond acceptors (Lipinski definition) is 3. The predicted octanol–water partition coefficient (Wildman–Crippen LogP) is 1.30. The Kier molecular flexibility index (Phi) is 4.38. The number of likely N-dealkylation sites (tertiary alicyclic amines) is 1. The van der Waals surface area contributed by atoms with E-state index in [9.17, 15) is 0 Å². The molecule has 0 aliphatic carbocycles. The number of nitrogens with two attached hydrogens (primary N) is 1. The summed E-state index contributed by atoms with van der Waals surface area (Å²) in [6.07, 6.45) is 2.25. The number of hydrogen-bond donors (Lipinski definition) is 2. The van der Waals surface area contributed by atoms with E-state index in [0.29, 0.717) is 5.25 Å². The average molecular weight is 217 g/mol. The average Bonchev–Trinajstić information content (AvgIpc) is 2.17. The summed E-state index contributed by atoms with van der Waals surface area (Å²) in [5.41, 5.74) is 5.51. The van der Waals surface area contributed by atoms with Crippen molar-refractivity contribution in [1.82, 2.24) is 4.90 Å². The molecule has 0 aromatic rings. The molecule has 0 aromatic carbocycles. The van der Waals surface area contributed by atoms with E-state index < -0.39 is 0 Å². The monoisotopic (exact) mass is 217 g/mol. The van der Waals surface area contributed by atoms with Crippen molar-refractivity contribution < 1.29 is 5.21 Å². The van der Waals surface area contributed by atoms with Crippen LogP contribution in [0.1, 0.15) is 26.7 Å². The number of piperidine rings is 1. The van der Waals surface area contributed by atoms with E-state index in [0.717, 1.165) is 31.2 Å². The molecule has 1 fully saturated rings. The second-order valence-electron chi connectivity index (χ2n) is 3.83. The number of oxime groups is 1. The van der Waals surface area contributed by atoms with Crippen LogP contribution in [-0.2, 0) is 0 Å². The van der Waals surface area contributed by atoms with Crippen LogP contribution >= 0.6 is 11.8 Å². The molecule has 82 valence electrons. The molecule has 5 heteroatoms. The van der Waals surface area contributed by atoms with E-state index in [-0.39, 0.29) is 5.96 Å². The first-order valence-corrected chi connectivity index (χ1v) is 5.95. The number of nitrogens with zero attached hydrogens (tertiary/aromatic N) is 2. The normalized spacial score (nSPS) is 20.5. The maximum atomic E-state index is 8.51. The zero-order chi connectivity index (χ0) is 10.6. The highest BCUT2D eigenvalue weighted by molar-refractivity contribution is 8.00. The van der Waals surface area contributed by atoms with Crippen LogP contribution in [0.5, 0.6) is 0 Å². The van der Waals surface area contributed by atoms with E-state index >= 15 is 0 Å². The third-order valence-electron chi connectivity index (χ3n) is 2.33. The number of thioether (sulfide) groups is 1. The highest BCUT2D eigenvalue weighted by atomic mass is 32.2. The molecule has 4 nitrogen and oxygen atoms in total. The minimum atomic E-state index is 0.248. The Hall–Kier alpha value is -0.580. The zero-order valence-corrected chi connectivity index (χ0v) is 9.63. The van der Waals surface area contributed by atoms with Gasteiger partial charge in [-0.1, -0.05) is 19.0 Å². The van der Waals surface area contributed by atoms with Crippen LogP contribution in [0.2, 0.25) is 0 Å². The Bertz CT molecular complexity index is 200. The summed E-state index contributed by atoms with van der Waals surface area (Å²) < 4.78 is 0. The summed E-state index contributed by atoms with van der Waals surface area (Å²) in [6.45, 7) is 6.25. The lowest BCUT2D eigenvalue weighted by Crippen LogP contribution is -2.43. The van der Waals surface area contributed by atoms with Gasteiger partial charge in [0.1, 0.15) is 0 Å². The van der Waals surface area contributed by atoms with Gasteiger partial charge in [-0.15, -0.1) is 0 Å². The summed E-state index contributed by atoms with van der Waals surface area (Å²) in [4.78, 5) is 1.93. The third-order valence-corrected chi connectivity index (χ3v) is 3.73. The van der Waals surface area contributed by atoms with Gasteiger partial charge >= 0.3 is 0 Å². The largest absolute Gasteiger partial charge is 0.408 e. The molecule has 0 aromatic heterocycles. The van der Waals surface area contributed by atoms with E-state index in [2.05, 4.69) is 19.0 Å². The van der Waals surface area contributed by atoms with Crippen molar-refractivity contribution in [2.75, 3.05) is 13.1 Å². The van der Waals surface area contributed by atoms with Gasteiger partial charge in [0.2, 0.25) is 5.96 Å². The minimum absolute atomic E-state index is 0.248. The van der Waals surface area contributed by atoms with Crippen molar-refractivity contribution in [3.8, 4) is 0 Å². The lowest BCUT2D eigenvalue weighted by Gasteiger charge is -2.32. The summed E-state index contributed by atoms with van der Waals surface area (Å²) in [7, 11) is 0. The lowest BCUT2D eigenvalue weighted by atomic mass is 10.1. The van der Waals surface area contributed by atoms with Crippen molar-refractivity contribution in [2.45, 2.75) is 37.2 Å². The second kappa shape index (κ2) is 5.34. The van der Waals surface area contributed by atoms with Crippen LogP contribution in [0.3, 0.4) is 0 Å². The van der Waals surface area contributed by atoms with Gasteiger partial charge in [-0.3, -0.25) is 0 Å². The van der Waals surface area contributed by atoms with E-state index in [4.69, 9.17) is 10.9 Å². The molecule has 1 aliphatic rings. The van der Waals surface area contributed by atoms with Crippen LogP contribution in [-0.4, -0.2) is 39.7 Å². The molecule has 0 amide bonds. The fourth-order valence-corrected chi connectivity index (χ4v) is 2.92. The molecule has 1 rings (SSSR count). The highest BCUT2D eigenvalue weighted by Gasteiger charge is 2.21. The third kappa shape index (κ3) is 3.29. The molecule has 1 heterocycles. The van der Waals surface area contributed by atoms with Gasteiger partial charge in [-0.25, -0.2) is 0 Å². The summed E-state index contributed by atoms with van der Waals surface area (Å²) in [6, 6.07) is 0. The molecule has 1 aliphatic heterocycles. The first kappa shape index (κ1) is 11.5. The number of guanidine groups is 1. The smallest absolute Gasteiger partial charge is 0.233 e. The Balaban J connectivity index is 2.31. The lowest BCUT2D eigenvalue weighted by molar-refractivity contribution is 0.284. The summed E-state index contributed by atoms with van der Waals surface area (Å²) in [5.74, 6) is 0.248. The van der Waals surface area contributed by atoms with Crippen LogP contribution in [0.25, 0.3) is 0 Å². The summed E-state index contributed by atoms with van der Waals surface area (Å²) >= 11 is 2.03. The van der Waals surface area contributed by atoms with E-state index in [1.54, 1.807) is 0 Å². The van der Waals surface area contributed by atoms with Crippen molar-refractivity contribution in [3.63, 3.8) is 0 Å². The van der Waals surface area contributed by atoms with Gasteiger partial charge < -0.3 is 15.8 Å². The maximum absolute atomic E-state index is 8.51. The molecule has 0 spiro atoms. The minimum Gasteiger partial charge on any atom is -0.408 e. The topological polar surface area (TPSA) is 61.8 Å². The Morgan fingerprint density at radius 1 is 1.50 bits per heavy atom. The molecule has 14 heavy (non-hydrogen) atoms. The van der Waals surface area contributed by atoms with Crippen LogP contribution < -0.4 is 5.73 Å². The highest BCUT2D eigenvalue weighted by Crippen LogP contribution is 2.26. The number of rotatable bonds is 2. The van der Waals surface area contributed by atoms with Crippen LogP contribution in [0.4, 0.5) is 0 Å². The first-order chi connectivity index (χ1) is 6.63.